The number of thiazole rings is 1. The number of nitrogens with zero attached hydrogens (tertiary/aromatic N) is 6. The summed E-state index contributed by atoms with van der Waals surface area (Å²) in [5.74, 6) is 0.817. The Morgan fingerprint density at radius 1 is 1.17 bits per heavy atom. The first-order valence-corrected chi connectivity index (χ1v) is 12.6. The van der Waals surface area contributed by atoms with Crippen LogP contribution in [-0.2, 0) is 4.74 Å². The number of hydrogen-bond donors (Lipinski definition) is 1. The number of aromatic nitrogens is 5. The summed E-state index contributed by atoms with van der Waals surface area (Å²) in [6, 6.07) is 3.48. The van der Waals surface area contributed by atoms with Crippen molar-refractivity contribution in [1.82, 2.24) is 24.9 Å². The van der Waals surface area contributed by atoms with Crippen LogP contribution in [-0.4, -0.2) is 64.2 Å². The average molecular weight is 524 g/mol. The van der Waals surface area contributed by atoms with Crippen molar-refractivity contribution in [3.05, 3.63) is 47.1 Å². The van der Waals surface area contributed by atoms with Gasteiger partial charge >= 0.3 is 0 Å². The first kappa shape index (κ1) is 23.0. The van der Waals surface area contributed by atoms with Crippen molar-refractivity contribution in [2.75, 3.05) is 43.6 Å². The lowest BCUT2D eigenvalue weighted by atomic mass is 9.79. The van der Waals surface area contributed by atoms with Crippen LogP contribution in [0.5, 0.6) is 5.75 Å². The van der Waals surface area contributed by atoms with E-state index in [1.165, 1.54) is 23.7 Å². The summed E-state index contributed by atoms with van der Waals surface area (Å²) < 4.78 is 11.0. The van der Waals surface area contributed by atoms with Gasteiger partial charge in [-0.05, 0) is 25.5 Å². The van der Waals surface area contributed by atoms with Crippen LogP contribution in [0.4, 0.5) is 11.1 Å². The fourth-order valence-electron chi connectivity index (χ4n) is 4.65. The molecule has 1 spiro atoms. The second-order valence-corrected chi connectivity index (χ2v) is 10.4. The molecule has 0 radical (unpaired) electrons. The quantitative estimate of drug-likeness (QED) is 0.387. The van der Waals surface area contributed by atoms with Crippen LogP contribution in [0.15, 0.2) is 30.7 Å². The molecule has 0 aromatic carbocycles. The molecule has 2 saturated heterocycles. The van der Waals surface area contributed by atoms with Gasteiger partial charge in [0.2, 0.25) is 5.95 Å². The fourth-order valence-corrected chi connectivity index (χ4v) is 5.61. The van der Waals surface area contributed by atoms with E-state index in [0.29, 0.717) is 49.0 Å². The number of halogens is 1. The Kier molecular flexibility index (Phi) is 5.70. The van der Waals surface area contributed by atoms with Crippen molar-refractivity contribution in [3.63, 3.8) is 0 Å². The number of pyridine rings is 2. The molecule has 1 amide bonds. The Balaban J connectivity index is 1.26. The maximum atomic E-state index is 13.3. The van der Waals surface area contributed by atoms with Crippen LogP contribution in [0.3, 0.4) is 0 Å². The minimum absolute atomic E-state index is 0.243. The third-order valence-electron chi connectivity index (χ3n) is 6.51. The number of fused-ring (bicyclic) bond motifs is 1. The number of carbonyl (C=O) groups excluding carboxylic acids is 1. The minimum atomic E-state index is -0.356. The molecule has 10 nitrogen and oxygen atoms in total. The van der Waals surface area contributed by atoms with Gasteiger partial charge in [-0.1, -0.05) is 22.9 Å². The van der Waals surface area contributed by atoms with Gasteiger partial charge in [0.25, 0.3) is 5.91 Å². The minimum Gasteiger partial charge on any atom is -0.494 e. The van der Waals surface area contributed by atoms with E-state index in [-0.39, 0.29) is 11.3 Å². The van der Waals surface area contributed by atoms with E-state index in [1.807, 2.05) is 13.0 Å². The summed E-state index contributed by atoms with van der Waals surface area (Å²) in [7, 11) is 1.54. The van der Waals surface area contributed by atoms with E-state index in [1.54, 1.807) is 19.4 Å². The normalized spacial score (nSPS) is 16.4. The van der Waals surface area contributed by atoms with Gasteiger partial charge in [-0.25, -0.2) is 15.0 Å². The second-order valence-electron chi connectivity index (χ2n) is 9.07. The molecule has 4 aromatic heterocycles. The van der Waals surface area contributed by atoms with Gasteiger partial charge in [-0.2, -0.15) is 4.98 Å². The Morgan fingerprint density at radius 2 is 2.03 bits per heavy atom. The van der Waals surface area contributed by atoms with Crippen molar-refractivity contribution in [3.8, 4) is 16.9 Å². The second kappa shape index (κ2) is 8.91. The van der Waals surface area contributed by atoms with E-state index in [2.05, 4.69) is 35.1 Å². The molecule has 6 rings (SSSR count). The highest BCUT2D eigenvalue weighted by molar-refractivity contribution is 7.22. The first-order chi connectivity index (χ1) is 17.4. The van der Waals surface area contributed by atoms with Gasteiger partial charge < -0.3 is 14.4 Å². The van der Waals surface area contributed by atoms with Gasteiger partial charge in [-0.3, -0.25) is 15.1 Å². The Morgan fingerprint density at radius 3 is 2.81 bits per heavy atom. The summed E-state index contributed by atoms with van der Waals surface area (Å²) >= 11 is 7.44. The Bertz CT molecular complexity index is 1480. The molecule has 0 atom stereocenters. The summed E-state index contributed by atoms with van der Waals surface area (Å²) in [5.41, 5.74) is 3.25. The van der Waals surface area contributed by atoms with Gasteiger partial charge in [0, 0.05) is 48.1 Å². The van der Waals surface area contributed by atoms with Gasteiger partial charge in [0.1, 0.15) is 16.4 Å². The van der Waals surface area contributed by atoms with E-state index in [4.69, 9.17) is 21.1 Å². The van der Waals surface area contributed by atoms with Crippen LogP contribution >= 0.6 is 22.9 Å². The monoisotopic (exact) mass is 523 g/mol. The zero-order valence-electron chi connectivity index (χ0n) is 19.6. The molecular formula is C24H22ClN7O3S. The number of nitrogens with one attached hydrogen (secondary N) is 1. The third kappa shape index (κ3) is 4.12. The van der Waals surface area contributed by atoms with Gasteiger partial charge in [0.05, 0.1) is 31.7 Å². The third-order valence-corrected chi connectivity index (χ3v) is 7.60. The van der Waals surface area contributed by atoms with Crippen LogP contribution in [0, 0.1) is 12.3 Å². The predicted molar refractivity (Wildman–Crippen MR) is 137 cm³/mol. The smallest absolute Gasteiger partial charge is 0.259 e. The van der Waals surface area contributed by atoms with Crippen molar-refractivity contribution in [2.45, 2.75) is 13.3 Å². The molecule has 0 bridgehead atoms. The number of rotatable bonds is 5. The Labute approximate surface area is 215 Å². The molecule has 1 N–H and O–H groups in total. The molecule has 12 heteroatoms. The van der Waals surface area contributed by atoms with Crippen molar-refractivity contribution >= 4 is 50.3 Å². The number of amides is 1. The van der Waals surface area contributed by atoms with Crippen molar-refractivity contribution in [2.24, 2.45) is 5.41 Å². The van der Waals surface area contributed by atoms with E-state index >= 15 is 0 Å². The lowest BCUT2D eigenvalue weighted by molar-refractivity contribution is 0.102. The molecule has 0 aliphatic carbocycles. The summed E-state index contributed by atoms with van der Waals surface area (Å²) in [6.07, 6.45) is 5.84. The summed E-state index contributed by atoms with van der Waals surface area (Å²) in [6.45, 7) is 5.27. The highest BCUT2D eigenvalue weighted by atomic mass is 35.5. The maximum absolute atomic E-state index is 13.3. The number of anilines is 2. The van der Waals surface area contributed by atoms with Crippen LogP contribution in [0.2, 0.25) is 5.15 Å². The molecule has 2 aliphatic rings. The zero-order valence-corrected chi connectivity index (χ0v) is 21.2. The number of ether oxygens (including phenoxy) is 2. The number of aryl methyl sites for hydroxylation is 1. The highest BCUT2D eigenvalue weighted by Gasteiger charge is 2.46. The molecule has 6 heterocycles. The van der Waals surface area contributed by atoms with Crippen molar-refractivity contribution in [1.29, 1.82) is 0 Å². The number of methoxy groups -OCH3 is 1. The SMILES string of the molecule is COc1cnc(Cl)cc1-c1cc(C)ncc1C(=O)Nc1nc2cnc(N3CC4(CCOC4)C3)nc2s1. The van der Waals surface area contributed by atoms with E-state index in [0.717, 1.165) is 38.4 Å². The van der Waals surface area contributed by atoms with Crippen molar-refractivity contribution < 1.29 is 14.3 Å². The van der Waals surface area contributed by atoms with Crippen LogP contribution < -0.4 is 15.0 Å². The zero-order chi connectivity index (χ0) is 24.9. The van der Waals surface area contributed by atoms with E-state index in [9.17, 15) is 4.79 Å². The maximum Gasteiger partial charge on any atom is 0.259 e. The average Bonchev–Trinajstić information content (AvgIpc) is 3.49. The summed E-state index contributed by atoms with van der Waals surface area (Å²) in [5, 5.41) is 3.61. The molecule has 184 valence electrons. The topological polar surface area (TPSA) is 115 Å². The lowest BCUT2D eigenvalue weighted by Crippen LogP contribution is -2.57. The van der Waals surface area contributed by atoms with Gasteiger partial charge in [-0.15, -0.1) is 0 Å². The van der Waals surface area contributed by atoms with Crippen LogP contribution in [0.25, 0.3) is 21.5 Å². The Hall–Kier alpha value is -3.41. The lowest BCUT2D eigenvalue weighted by Gasteiger charge is -2.47. The molecule has 0 saturated carbocycles. The molecule has 2 fully saturated rings. The molecule has 2 aliphatic heterocycles. The fraction of sp³-hybridized carbons (Fsp3) is 0.333. The standard InChI is InChI=1S/C24H22ClN7O3S/c1-13-5-14(15-6-19(25)27-9-18(15)34-2)16(7-26-13)20(33)30-23-29-17-8-28-22(31-21(17)36-23)32-10-24(11-32)3-4-35-12-24/h5-9H,3-4,10-12H2,1-2H3,(H,29,30,33). The largest absolute Gasteiger partial charge is 0.494 e. The van der Waals surface area contributed by atoms with Crippen LogP contribution in [0.1, 0.15) is 22.5 Å². The molecule has 0 unspecified atom stereocenters. The molecule has 36 heavy (non-hydrogen) atoms. The summed E-state index contributed by atoms with van der Waals surface area (Å²) in [4.78, 5) is 38.3. The number of hydrogen-bond acceptors (Lipinski definition) is 10. The number of carbonyl (C=O) groups is 1. The van der Waals surface area contributed by atoms with Gasteiger partial charge in [0.15, 0.2) is 9.96 Å². The molecular weight excluding hydrogens is 502 g/mol. The van der Waals surface area contributed by atoms with E-state index < -0.39 is 0 Å². The highest BCUT2D eigenvalue weighted by Crippen LogP contribution is 2.40. The first-order valence-electron chi connectivity index (χ1n) is 11.4. The molecule has 4 aromatic rings. The predicted octanol–water partition coefficient (Wildman–Crippen LogP) is 3.99.